The first-order chi connectivity index (χ1) is 7.68. The number of ether oxygens (including phenoxy) is 1. The average Bonchev–Trinajstić information content (AvgIpc) is 2.33. The Balaban J connectivity index is 0.00000144. The quantitative estimate of drug-likeness (QED) is 0.897. The van der Waals surface area contributed by atoms with Crippen LogP contribution in [0, 0.1) is 12.8 Å². The summed E-state index contributed by atoms with van der Waals surface area (Å²) in [5, 5.41) is 0.806. The Hall–Kier alpha value is -0.280. The van der Waals surface area contributed by atoms with Gasteiger partial charge < -0.3 is 10.5 Å². The lowest BCUT2D eigenvalue weighted by Gasteiger charge is -2.28. The van der Waals surface area contributed by atoms with E-state index >= 15 is 0 Å². The number of halogens is 2. The van der Waals surface area contributed by atoms with Crippen LogP contribution in [0.1, 0.15) is 30.0 Å². The van der Waals surface area contributed by atoms with E-state index in [9.17, 15) is 0 Å². The smallest absolute Gasteiger partial charge is 0.0469 e. The van der Waals surface area contributed by atoms with E-state index in [0.29, 0.717) is 5.92 Å². The molecule has 0 radical (unpaired) electrons. The second-order valence-electron chi connectivity index (χ2n) is 4.48. The summed E-state index contributed by atoms with van der Waals surface area (Å²) in [5.74, 6) is 0.521. The van der Waals surface area contributed by atoms with Gasteiger partial charge in [-0.15, -0.1) is 12.4 Å². The predicted octanol–water partition coefficient (Wildman–Crippen LogP) is 3.50. The molecule has 1 atom stereocenters. The molecule has 96 valence electrons. The second kappa shape index (κ2) is 6.60. The monoisotopic (exact) mass is 275 g/mol. The molecule has 1 heterocycles. The van der Waals surface area contributed by atoms with Crippen molar-refractivity contribution in [3.8, 4) is 0 Å². The van der Waals surface area contributed by atoms with E-state index in [1.807, 2.05) is 19.1 Å². The van der Waals surface area contributed by atoms with Gasteiger partial charge in [-0.3, -0.25) is 0 Å². The van der Waals surface area contributed by atoms with Gasteiger partial charge in [-0.2, -0.15) is 0 Å². The average molecular weight is 276 g/mol. The van der Waals surface area contributed by atoms with Crippen LogP contribution < -0.4 is 5.73 Å². The molecule has 0 saturated carbocycles. The van der Waals surface area contributed by atoms with Gasteiger partial charge in [0.05, 0.1) is 0 Å². The fourth-order valence-electron chi connectivity index (χ4n) is 2.16. The van der Waals surface area contributed by atoms with Crippen molar-refractivity contribution in [2.45, 2.75) is 25.8 Å². The fraction of sp³-hybridized carbons (Fsp3) is 0.538. The van der Waals surface area contributed by atoms with Crippen LogP contribution in [0.4, 0.5) is 0 Å². The first-order valence-electron chi connectivity index (χ1n) is 5.78. The van der Waals surface area contributed by atoms with Gasteiger partial charge in [0, 0.05) is 24.3 Å². The summed E-state index contributed by atoms with van der Waals surface area (Å²) < 4.78 is 5.35. The summed E-state index contributed by atoms with van der Waals surface area (Å²) in [6.07, 6.45) is 2.10. The Labute approximate surface area is 114 Å². The molecular formula is C13H19Cl2NO. The summed E-state index contributed by atoms with van der Waals surface area (Å²) in [4.78, 5) is 0. The molecule has 1 aliphatic heterocycles. The van der Waals surface area contributed by atoms with Crippen LogP contribution >= 0.6 is 24.0 Å². The maximum atomic E-state index is 6.27. The highest BCUT2D eigenvalue weighted by Crippen LogP contribution is 2.30. The van der Waals surface area contributed by atoms with Crippen LogP contribution in [0.3, 0.4) is 0 Å². The fourth-order valence-corrected chi connectivity index (χ4v) is 2.35. The number of rotatable bonds is 2. The van der Waals surface area contributed by atoms with Crippen molar-refractivity contribution in [1.82, 2.24) is 0 Å². The number of hydrogen-bond acceptors (Lipinski definition) is 2. The molecular weight excluding hydrogens is 257 g/mol. The zero-order chi connectivity index (χ0) is 11.5. The summed E-state index contributed by atoms with van der Waals surface area (Å²) in [5.41, 5.74) is 8.52. The Bertz CT molecular complexity index is 364. The van der Waals surface area contributed by atoms with E-state index in [2.05, 4.69) is 6.07 Å². The minimum Gasteiger partial charge on any atom is -0.381 e. The van der Waals surface area contributed by atoms with Crippen LogP contribution in [0.5, 0.6) is 0 Å². The zero-order valence-electron chi connectivity index (χ0n) is 9.99. The summed E-state index contributed by atoms with van der Waals surface area (Å²) in [6.45, 7) is 3.67. The van der Waals surface area contributed by atoms with Crippen molar-refractivity contribution < 1.29 is 4.74 Å². The highest BCUT2D eigenvalue weighted by atomic mass is 35.5. The van der Waals surface area contributed by atoms with Crippen molar-refractivity contribution in [1.29, 1.82) is 0 Å². The SMILES string of the molecule is Cc1ccc([C@@H](N)C2CCOCC2)cc1Cl.Cl. The minimum absolute atomic E-state index is 0. The van der Waals surface area contributed by atoms with Gasteiger partial charge >= 0.3 is 0 Å². The van der Waals surface area contributed by atoms with Gasteiger partial charge in [-0.1, -0.05) is 23.7 Å². The molecule has 1 aromatic rings. The maximum absolute atomic E-state index is 6.27. The van der Waals surface area contributed by atoms with Crippen molar-refractivity contribution in [3.05, 3.63) is 34.3 Å². The lowest BCUT2D eigenvalue weighted by molar-refractivity contribution is 0.0584. The van der Waals surface area contributed by atoms with Gasteiger partial charge in [0.15, 0.2) is 0 Å². The molecule has 2 rings (SSSR count). The van der Waals surface area contributed by atoms with Crippen molar-refractivity contribution in [2.24, 2.45) is 11.7 Å². The maximum Gasteiger partial charge on any atom is 0.0469 e. The Morgan fingerprint density at radius 2 is 2.00 bits per heavy atom. The molecule has 1 aliphatic rings. The lowest BCUT2D eigenvalue weighted by Crippen LogP contribution is -2.27. The molecule has 0 bridgehead atoms. The standard InChI is InChI=1S/C13H18ClNO.ClH/c1-9-2-3-11(8-12(9)14)13(15)10-4-6-16-7-5-10;/h2-3,8,10,13H,4-7,15H2,1H3;1H/t13-;/m0./s1. The summed E-state index contributed by atoms with van der Waals surface area (Å²) in [6, 6.07) is 6.21. The molecule has 2 N–H and O–H groups in total. The number of hydrogen-bond donors (Lipinski definition) is 1. The van der Waals surface area contributed by atoms with Crippen LogP contribution in [-0.2, 0) is 4.74 Å². The molecule has 2 nitrogen and oxygen atoms in total. The number of nitrogens with two attached hydrogens (primary N) is 1. The van der Waals surface area contributed by atoms with Crippen molar-refractivity contribution in [3.63, 3.8) is 0 Å². The largest absolute Gasteiger partial charge is 0.381 e. The first-order valence-corrected chi connectivity index (χ1v) is 6.15. The lowest BCUT2D eigenvalue weighted by atomic mass is 9.87. The Kier molecular flexibility index (Phi) is 5.74. The zero-order valence-corrected chi connectivity index (χ0v) is 11.6. The van der Waals surface area contributed by atoms with Gasteiger partial charge in [0.1, 0.15) is 0 Å². The topological polar surface area (TPSA) is 35.2 Å². The van der Waals surface area contributed by atoms with E-state index < -0.39 is 0 Å². The summed E-state index contributed by atoms with van der Waals surface area (Å²) in [7, 11) is 0. The molecule has 1 saturated heterocycles. The van der Waals surface area contributed by atoms with Crippen molar-refractivity contribution >= 4 is 24.0 Å². The van der Waals surface area contributed by atoms with Gasteiger partial charge in [0.2, 0.25) is 0 Å². The molecule has 1 fully saturated rings. The van der Waals surface area contributed by atoms with Crippen LogP contribution in [0.15, 0.2) is 18.2 Å². The second-order valence-corrected chi connectivity index (χ2v) is 4.89. The molecule has 17 heavy (non-hydrogen) atoms. The molecule has 0 aromatic heterocycles. The number of benzene rings is 1. The summed E-state index contributed by atoms with van der Waals surface area (Å²) >= 11 is 6.12. The number of aryl methyl sites for hydroxylation is 1. The van der Waals surface area contributed by atoms with Gasteiger partial charge in [-0.05, 0) is 42.9 Å². The normalized spacial score (nSPS) is 18.5. The van der Waals surface area contributed by atoms with Crippen LogP contribution in [0.25, 0.3) is 0 Å². The third-order valence-corrected chi connectivity index (χ3v) is 3.76. The Morgan fingerprint density at radius 1 is 1.35 bits per heavy atom. The molecule has 0 amide bonds. The highest BCUT2D eigenvalue weighted by Gasteiger charge is 2.22. The van der Waals surface area contributed by atoms with Crippen LogP contribution in [0.2, 0.25) is 5.02 Å². The van der Waals surface area contributed by atoms with Gasteiger partial charge in [0.25, 0.3) is 0 Å². The van der Waals surface area contributed by atoms with Crippen LogP contribution in [-0.4, -0.2) is 13.2 Å². The van der Waals surface area contributed by atoms with Crippen molar-refractivity contribution in [2.75, 3.05) is 13.2 Å². The van der Waals surface area contributed by atoms with E-state index in [-0.39, 0.29) is 18.4 Å². The molecule has 0 unspecified atom stereocenters. The van der Waals surface area contributed by atoms with E-state index in [0.717, 1.165) is 42.2 Å². The minimum atomic E-state index is 0. The van der Waals surface area contributed by atoms with E-state index in [1.165, 1.54) is 0 Å². The predicted molar refractivity (Wildman–Crippen MR) is 73.9 cm³/mol. The molecule has 1 aromatic carbocycles. The highest BCUT2D eigenvalue weighted by molar-refractivity contribution is 6.31. The van der Waals surface area contributed by atoms with E-state index in [1.54, 1.807) is 0 Å². The first kappa shape index (κ1) is 14.8. The molecule has 0 spiro atoms. The Morgan fingerprint density at radius 3 is 2.59 bits per heavy atom. The molecule has 0 aliphatic carbocycles. The third-order valence-electron chi connectivity index (χ3n) is 3.35. The molecule has 4 heteroatoms. The van der Waals surface area contributed by atoms with E-state index in [4.69, 9.17) is 22.1 Å². The van der Waals surface area contributed by atoms with Gasteiger partial charge in [-0.25, -0.2) is 0 Å². The third kappa shape index (κ3) is 3.59.